The van der Waals surface area contributed by atoms with Crippen molar-refractivity contribution in [1.29, 1.82) is 0 Å². The van der Waals surface area contributed by atoms with E-state index in [9.17, 15) is 60.7 Å². The number of aliphatic hydroxyl groups is 7. The molecule has 0 amide bonds. The van der Waals surface area contributed by atoms with Crippen LogP contribution in [-0.4, -0.2) is 175 Å². The Kier molecular flexibility index (Phi) is 15.2. The van der Waals surface area contributed by atoms with E-state index in [1.165, 1.54) is 55.5 Å². The minimum absolute atomic E-state index is 0.0233. The van der Waals surface area contributed by atoms with Crippen molar-refractivity contribution in [3.63, 3.8) is 0 Å². The molecule has 3 saturated heterocycles. The van der Waals surface area contributed by atoms with Crippen LogP contribution >= 0.6 is 0 Å². The summed E-state index contributed by atoms with van der Waals surface area (Å²) in [4.78, 5) is 26.0. The number of hydrogen-bond acceptors (Lipinski definition) is 20. The number of aliphatic hydroxyl groups excluding tert-OH is 7. The van der Waals surface area contributed by atoms with Gasteiger partial charge in [0.05, 0.1) is 25.9 Å². The predicted molar refractivity (Wildman–Crippen MR) is 188 cm³/mol. The molecule has 20 heteroatoms. The highest BCUT2D eigenvalue weighted by Gasteiger charge is 2.55. The largest absolute Gasteiger partial charge is 0.508 e. The number of hydrogen-bond donors (Lipinski definition) is 10. The molecular weight excluding hydrogens is 764 g/mol. The van der Waals surface area contributed by atoms with Gasteiger partial charge in [0.25, 0.3) is 0 Å². The molecule has 0 spiro atoms. The van der Waals surface area contributed by atoms with Crippen molar-refractivity contribution in [2.75, 3.05) is 19.8 Å². The zero-order valence-corrected chi connectivity index (χ0v) is 30.7. The van der Waals surface area contributed by atoms with Gasteiger partial charge in [0.2, 0.25) is 0 Å². The molecule has 316 valence electrons. The average molecular weight is 813 g/mol. The number of esters is 2. The maximum Gasteiger partial charge on any atom is 0.331 e. The Hall–Kier alpha value is -4.00. The fourth-order valence-corrected chi connectivity index (χ4v) is 6.38. The number of carbonyl (C=O) groups is 2. The molecule has 0 bridgehead atoms. The summed E-state index contributed by atoms with van der Waals surface area (Å²) in [6, 6.07) is 9.84. The zero-order chi connectivity index (χ0) is 41.6. The summed E-state index contributed by atoms with van der Waals surface area (Å²) in [5, 5.41) is 102. The van der Waals surface area contributed by atoms with Crippen molar-refractivity contribution >= 4 is 18.0 Å². The van der Waals surface area contributed by atoms with Gasteiger partial charge in [-0.15, -0.1) is 0 Å². The number of aromatic hydroxyl groups is 3. The third kappa shape index (κ3) is 10.9. The highest BCUT2D eigenvalue weighted by Crippen LogP contribution is 2.34. The van der Waals surface area contributed by atoms with Crippen molar-refractivity contribution < 1.29 is 98.5 Å². The first-order valence-electron chi connectivity index (χ1n) is 18.0. The molecule has 3 aliphatic heterocycles. The minimum Gasteiger partial charge on any atom is -0.508 e. The number of benzene rings is 2. The summed E-state index contributed by atoms with van der Waals surface area (Å²) < 4.78 is 46.7. The fraction of sp³-hybridized carbons (Fsp3) is 0.568. The van der Waals surface area contributed by atoms with Crippen LogP contribution in [0.2, 0.25) is 0 Å². The lowest BCUT2D eigenvalue weighted by Gasteiger charge is -2.48. The van der Waals surface area contributed by atoms with Gasteiger partial charge < -0.3 is 89.0 Å². The van der Waals surface area contributed by atoms with Crippen LogP contribution in [0.15, 0.2) is 48.5 Å². The lowest BCUT2D eigenvalue weighted by atomic mass is 9.96. The molecule has 0 aliphatic carbocycles. The number of phenolic OH excluding ortho intramolecular Hbond substituents is 3. The zero-order valence-electron chi connectivity index (χ0n) is 30.7. The van der Waals surface area contributed by atoms with Crippen LogP contribution < -0.4 is 0 Å². The molecule has 0 radical (unpaired) electrons. The van der Waals surface area contributed by atoms with Crippen LogP contribution in [0.4, 0.5) is 0 Å². The average Bonchev–Trinajstić information content (AvgIpc) is 3.18. The van der Waals surface area contributed by atoms with Crippen LogP contribution in [0.3, 0.4) is 0 Å². The first kappa shape index (κ1) is 44.1. The highest BCUT2D eigenvalue weighted by atomic mass is 16.8. The number of phenols is 3. The molecule has 3 fully saturated rings. The molecule has 0 unspecified atom stereocenters. The predicted octanol–water partition coefficient (Wildman–Crippen LogP) is -2.33. The molecule has 5 rings (SSSR count). The van der Waals surface area contributed by atoms with Crippen LogP contribution in [0.5, 0.6) is 17.2 Å². The van der Waals surface area contributed by atoms with Gasteiger partial charge in [0, 0.05) is 13.0 Å². The summed E-state index contributed by atoms with van der Waals surface area (Å²) >= 11 is 0. The van der Waals surface area contributed by atoms with Crippen molar-refractivity contribution in [3.8, 4) is 17.2 Å². The molecule has 3 heterocycles. The highest BCUT2D eigenvalue weighted by molar-refractivity contribution is 5.87. The SMILES string of the molecule is CC(=O)O[C@H]1[C@H](OCCc2ccc(O)c(O)c2)O[C@H](CO[C@@H]2O[C@H](CO)[C@@H](O)[C@H](O)[C@H]2O)[C@@H](OC(=O)/C=C\c2ccc(O)cc2)[C@@H]1O[C@@H]1O[C@@H](C)[C@H](O)[C@@H](O)[C@H]1O. The maximum atomic E-state index is 13.5. The Labute approximate surface area is 325 Å². The monoisotopic (exact) mass is 812 g/mol. The quantitative estimate of drug-likeness (QED) is 0.0544. The van der Waals surface area contributed by atoms with Crippen molar-refractivity contribution in [1.82, 2.24) is 0 Å². The maximum absolute atomic E-state index is 13.5. The van der Waals surface area contributed by atoms with Gasteiger partial charge >= 0.3 is 11.9 Å². The molecule has 57 heavy (non-hydrogen) atoms. The second-order valence-corrected chi connectivity index (χ2v) is 13.7. The summed E-state index contributed by atoms with van der Waals surface area (Å²) in [7, 11) is 0. The van der Waals surface area contributed by atoms with Crippen LogP contribution in [0.1, 0.15) is 25.0 Å². The molecular formula is C37H48O20. The Morgan fingerprint density at radius 2 is 1.37 bits per heavy atom. The summed E-state index contributed by atoms with van der Waals surface area (Å²) in [6.45, 7) is 0.808. The van der Waals surface area contributed by atoms with Crippen molar-refractivity contribution in [3.05, 3.63) is 59.7 Å². The second kappa shape index (κ2) is 19.6. The van der Waals surface area contributed by atoms with E-state index in [1.54, 1.807) is 0 Å². The first-order valence-corrected chi connectivity index (χ1v) is 18.0. The fourth-order valence-electron chi connectivity index (χ4n) is 6.38. The van der Waals surface area contributed by atoms with E-state index in [2.05, 4.69) is 0 Å². The van der Waals surface area contributed by atoms with E-state index in [0.29, 0.717) is 11.1 Å². The van der Waals surface area contributed by atoms with Gasteiger partial charge in [-0.1, -0.05) is 18.2 Å². The Balaban J connectivity index is 1.50. The van der Waals surface area contributed by atoms with E-state index in [4.69, 9.17) is 37.9 Å². The molecule has 0 aromatic heterocycles. The van der Waals surface area contributed by atoms with E-state index >= 15 is 0 Å². The van der Waals surface area contributed by atoms with Crippen molar-refractivity contribution in [2.45, 2.75) is 112 Å². The molecule has 15 atom stereocenters. The molecule has 2 aromatic rings. The topological polar surface area (TPSA) is 310 Å². The third-order valence-corrected chi connectivity index (χ3v) is 9.54. The molecule has 20 nitrogen and oxygen atoms in total. The Morgan fingerprint density at radius 1 is 0.702 bits per heavy atom. The Bertz CT molecular complexity index is 1650. The van der Waals surface area contributed by atoms with Gasteiger partial charge in [0.1, 0.15) is 60.7 Å². The van der Waals surface area contributed by atoms with Gasteiger partial charge in [-0.3, -0.25) is 4.79 Å². The molecule has 0 saturated carbocycles. The van der Waals surface area contributed by atoms with Crippen LogP contribution in [0, 0.1) is 0 Å². The molecule has 3 aliphatic rings. The van der Waals surface area contributed by atoms with Gasteiger partial charge in [-0.25, -0.2) is 4.79 Å². The normalized spacial score (nSPS) is 35.8. The van der Waals surface area contributed by atoms with Gasteiger partial charge in [0.15, 0.2) is 42.6 Å². The van der Waals surface area contributed by atoms with Crippen molar-refractivity contribution in [2.24, 2.45) is 0 Å². The van der Waals surface area contributed by atoms with Gasteiger partial charge in [-0.2, -0.15) is 0 Å². The lowest BCUT2D eigenvalue weighted by Crippen LogP contribution is -2.66. The first-order chi connectivity index (χ1) is 27.1. The Morgan fingerprint density at radius 3 is 2.04 bits per heavy atom. The smallest absolute Gasteiger partial charge is 0.331 e. The number of ether oxygens (including phenoxy) is 8. The molecule has 10 N–H and O–H groups in total. The number of rotatable bonds is 14. The van der Waals surface area contributed by atoms with Crippen LogP contribution in [-0.2, 0) is 53.9 Å². The summed E-state index contributed by atoms with van der Waals surface area (Å²) in [6.07, 6.45) is -22.1. The number of carbonyl (C=O) groups excluding carboxylic acids is 2. The van der Waals surface area contributed by atoms with Crippen LogP contribution in [0.25, 0.3) is 6.08 Å². The van der Waals surface area contributed by atoms with E-state index < -0.39 is 123 Å². The lowest BCUT2D eigenvalue weighted by molar-refractivity contribution is -0.364. The summed E-state index contributed by atoms with van der Waals surface area (Å²) in [5.74, 6) is -2.69. The summed E-state index contributed by atoms with van der Waals surface area (Å²) in [5.41, 5.74) is 0.987. The van der Waals surface area contributed by atoms with E-state index in [1.807, 2.05) is 0 Å². The minimum atomic E-state index is -1.90. The second-order valence-electron chi connectivity index (χ2n) is 13.7. The van der Waals surface area contributed by atoms with E-state index in [-0.39, 0.29) is 24.5 Å². The standard InChI is InChI=1S/C37H48O20/c1-16-26(44)28(46)31(49)36(52-16)57-33-32(56-25(43)10-6-18-3-7-20(40)8-4-18)24(15-51-35-30(48)29(47)27(45)23(14-38)54-35)55-37(34(33)53-17(2)39)50-12-11-19-5-9-21(41)22(42)13-19/h3-10,13,16,23-24,26-38,40-42,44-49H,11-12,14-15H2,1-2H3/b10-6-/t16-,23+,24+,26-,27+,28+,29-,30+,31+,32+,33-,34+,35+,36-,37+/m0/s1. The van der Waals surface area contributed by atoms with E-state index in [0.717, 1.165) is 13.0 Å². The third-order valence-electron chi connectivity index (χ3n) is 9.54. The molecule has 2 aromatic carbocycles. The van der Waals surface area contributed by atoms with Gasteiger partial charge in [-0.05, 0) is 54.8 Å².